The predicted molar refractivity (Wildman–Crippen MR) is 64.0 cm³/mol. The molecular formula is C11H22N2S. The second kappa shape index (κ2) is 5.38. The zero-order valence-corrected chi connectivity index (χ0v) is 9.98. The van der Waals surface area contributed by atoms with Crippen LogP contribution in [0.2, 0.25) is 0 Å². The lowest BCUT2D eigenvalue weighted by molar-refractivity contribution is 0.0946. The Hall–Kier alpha value is 0.270. The van der Waals surface area contributed by atoms with Crippen molar-refractivity contribution in [1.29, 1.82) is 0 Å². The van der Waals surface area contributed by atoms with E-state index in [4.69, 9.17) is 0 Å². The van der Waals surface area contributed by atoms with E-state index >= 15 is 0 Å². The van der Waals surface area contributed by atoms with Gasteiger partial charge in [0.15, 0.2) is 0 Å². The van der Waals surface area contributed by atoms with Gasteiger partial charge < -0.3 is 5.32 Å². The summed E-state index contributed by atoms with van der Waals surface area (Å²) in [5.41, 5.74) is 0. The van der Waals surface area contributed by atoms with Gasteiger partial charge in [0.2, 0.25) is 0 Å². The fourth-order valence-corrected chi connectivity index (χ4v) is 3.25. The Morgan fingerprint density at radius 3 is 3.07 bits per heavy atom. The van der Waals surface area contributed by atoms with Crippen LogP contribution in [0.3, 0.4) is 0 Å². The first-order valence-corrected chi connectivity index (χ1v) is 7.27. The fourth-order valence-electron chi connectivity index (χ4n) is 2.83. The zero-order chi connectivity index (χ0) is 9.80. The van der Waals surface area contributed by atoms with Gasteiger partial charge in [-0.25, -0.2) is 0 Å². The van der Waals surface area contributed by atoms with Crippen LogP contribution in [0.4, 0.5) is 0 Å². The first-order chi connectivity index (χ1) is 6.92. The largest absolute Gasteiger partial charge is 0.311 e. The molecule has 0 bridgehead atoms. The zero-order valence-electron chi connectivity index (χ0n) is 9.17. The van der Waals surface area contributed by atoms with Crippen LogP contribution in [0.25, 0.3) is 0 Å². The molecule has 0 amide bonds. The molecule has 2 unspecified atom stereocenters. The van der Waals surface area contributed by atoms with Crippen LogP contribution in [-0.2, 0) is 0 Å². The molecule has 3 heteroatoms. The summed E-state index contributed by atoms with van der Waals surface area (Å²) in [6.45, 7) is 3.77. The van der Waals surface area contributed by atoms with Gasteiger partial charge in [0.05, 0.1) is 0 Å². The third kappa shape index (κ3) is 2.44. The molecule has 2 rings (SSSR count). The SMILES string of the molecule is CSCCN1CCNC2CCCCC21. The minimum absolute atomic E-state index is 0.805. The van der Waals surface area contributed by atoms with E-state index in [9.17, 15) is 0 Å². The maximum absolute atomic E-state index is 3.68. The molecule has 82 valence electrons. The molecule has 14 heavy (non-hydrogen) atoms. The van der Waals surface area contributed by atoms with Gasteiger partial charge in [-0.2, -0.15) is 11.8 Å². The molecular weight excluding hydrogens is 192 g/mol. The highest BCUT2D eigenvalue weighted by atomic mass is 32.2. The van der Waals surface area contributed by atoms with Crippen molar-refractivity contribution in [2.75, 3.05) is 31.6 Å². The number of rotatable bonds is 3. The third-order valence-electron chi connectivity index (χ3n) is 3.59. The number of piperazine rings is 1. The Kier molecular flexibility index (Phi) is 4.14. The molecule has 2 aliphatic rings. The number of fused-ring (bicyclic) bond motifs is 1. The average molecular weight is 214 g/mol. The number of hydrogen-bond acceptors (Lipinski definition) is 3. The summed E-state index contributed by atoms with van der Waals surface area (Å²) >= 11 is 1.97. The summed E-state index contributed by atoms with van der Waals surface area (Å²) in [7, 11) is 0. The van der Waals surface area contributed by atoms with Crippen LogP contribution >= 0.6 is 11.8 Å². The Morgan fingerprint density at radius 1 is 1.36 bits per heavy atom. The summed E-state index contributed by atoms with van der Waals surface area (Å²) in [6, 6.07) is 1.66. The van der Waals surface area contributed by atoms with E-state index in [-0.39, 0.29) is 0 Å². The van der Waals surface area contributed by atoms with E-state index in [2.05, 4.69) is 16.5 Å². The Bertz CT molecular complexity index is 173. The molecule has 2 fully saturated rings. The maximum Gasteiger partial charge on any atom is 0.0250 e. The standard InChI is InChI=1S/C11H22N2S/c1-14-9-8-13-7-6-12-10-4-2-3-5-11(10)13/h10-12H,2-9H2,1H3. The van der Waals surface area contributed by atoms with Gasteiger partial charge in [-0.3, -0.25) is 4.90 Å². The molecule has 1 aliphatic carbocycles. The summed E-state index contributed by atoms with van der Waals surface area (Å²) < 4.78 is 0. The first kappa shape index (κ1) is 10.8. The molecule has 1 saturated carbocycles. The number of hydrogen-bond donors (Lipinski definition) is 1. The average Bonchev–Trinajstić information content (AvgIpc) is 2.26. The highest BCUT2D eigenvalue weighted by molar-refractivity contribution is 7.98. The van der Waals surface area contributed by atoms with E-state index in [0.29, 0.717) is 0 Å². The second-order valence-electron chi connectivity index (χ2n) is 4.44. The smallest absolute Gasteiger partial charge is 0.0250 e. The van der Waals surface area contributed by atoms with Crippen LogP contribution in [0.15, 0.2) is 0 Å². The van der Waals surface area contributed by atoms with E-state index in [1.165, 1.54) is 51.1 Å². The molecule has 1 heterocycles. The Balaban J connectivity index is 1.88. The van der Waals surface area contributed by atoms with Crippen molar-refractivity contribution in [2.24, 2.45) is 0 Å². The van der Waals surface area contributed by atoms with E-state index < -0.39 is 0 Å². The van der Waals surface area contributed by atoms with Crippen molar-refractivity contribution >= 4 is 11.8 Å². The van der Waals surface area contributed by atoms with Crippen LogP contribution in [-0.4, -0.2) is 48.6 Å². The topological polar surface area (TPSA) is 15.3 Å². The Morgan fingerprint density at radius 2 is 2.21 bits per heavy atom. The lowest BCUT2D eigenvalue weighted by atomic mass is 9.88. The highest BCUT2D eigenvalue weighted by Crippen LogP contribution is 2.25. The van der Waals surface area contributed by atoms with Crippen LogP contribution < -0.4 is 5.32 Å². The summed E-state index contributed by atoms with van der Waals surface area (Å²) in [5, 5.41) is 3.68. The van der Waals surface area contributed by atoms with Gasteiger partial charge in [-0.15, -0.1) is 0 Å². The van der Waals surface area contributed by atoms with Crippen molar-refractivity contribution < 1.29 is 0 Å². The molecule has 1 saturated heterocycles. The molecule has 2 nitrogen and oxygen atoms in total. The summed E-state index contributed by atoms with van der Waals surface area (Å²) in [6.07, 6.45) is 7.91. The fraction of sp³-hybridized carbons (Fsp3) is 1.00. The van der Waals surface area contributed by atoms with E-state index in [0.717, 1.165) is 12.1 Å². The van der Waals surface area contributed by atoms with Crippen LogP contribution in [0.5, 0.6) is 0 Å². The third-order valence-corrected chi connectivity index (χ3v) is 4.18. The second-order valence-corrected chi connectivity index (χ2v) is 5.43. The van der Waals surface area contributed by atoms with Crippen molar-refractivity contribution in [3.8, 4) is 0 Å². The lowest BCUT2D eigenvalue weighted by Gasteiger charge is -2.44. The predicted octanol–water partition coefficient (Wildman–Crippen LogP) is 1.57. The summed E-state index contributed by atoms with van der Waals surface area (Å²) in [4.78, 5) is 2.72. The molecule has 0 aromatic heterocycles. The lowest BCUT2D eigenvalue weighted by Crippen LogP contribution is -2.59. The van der Waals surface area contributed by atoms with Crippen LogP contribution in [0, 0.1) is 0 Å². The van der Waals surface area contributed by atoms with Crippen molar-refractivity contribution in [1.82, 2.24) is 10.2 Å². The van der Waals surface area contributed by atoms with Gasteiger partial charge in [-0.1, -0.05) is 12.8 Å². The summed E-state index contributed by atoms with van der Waals surface area (Å²) in [5.74, 6) is 1.29. The molecule has 0 spiro atoms. The van der Waals surface area contributed by atoms with Crippen LogP contribution in [0.1, 0.15) is 25.7 Å². The quantitative estimate of drug-likeness (QED) is 0.768. The molecule has 0 radical (unpaired) electrons. The van der Waals surface area contributed by atoms with Gasteiger partial charge in [0, 0.05) is 37.5 Å². The number of nitrogens with zero attached hydrogens (tertiary/aromatic N) is 1. The van der Waals surface area contributed by atoms with Gasteiger partial charge >= 0.3 is 0 Å². The van der Waals surface area contributed by atoms with Gasteiger partial charge in [0.1, 0.15) is 0 Å². The molecule has 2 atom stereocenters. The molecule has 1 N–H and O–H groups in total. The Labute approximate surface area is 91.8 Å². The first-order valence-electron chi connectivity index (χ1n) is 5.88. The van der Waals surface area contributed by atoms with Crippen molar-refractivity contribution in [3.05, 3.63) is 0 Å². The van der Waals surface area contributed by atoms with Crippen molar-refractivity contribution in [2.45, 2.75) is 37.8 Å². The van der Waals surface area contributed by atoms with Gasteiger partial charge in [-0.05, 0) is 19.1 Å². The van der Waals surface area contributed by atoms with Gasteiger partial charge in [0.25, 0.3) is 0 Å². The van der Waals surface area contributed by atoms with E-state index in [1.807, 2.05) is 11.8 Å². The molecule has 1 aliphatic heterocycles. The molecule has 0 aromatic rings. The number of thioether (sulfide) groups is 1. The monoisotopic (exact) mass is 214 g/mol. The highest BCUT2D eigenvalue weighted by Gasteiger charge is 2.32. The molecule has 0 aromatic carbocycles. The minimum atomic E-state index is 0.805. The maximum atomic E-state index is 3.68. The number of nitrogens with one attached hydrogen (secondary N) is 1. The normalized spacial score (nSPS) is 34.1. The van der Waals surface area contributed by atoms with Crippen molar-refractivity contribution in [3.63, 3.8) is 0 Å². The van der Waals surface area contributed by atoms with E-state index in [1.54, 1.807) is 0 Å². The minimum Gasteiger partial charge on any atom is -0.311 e.